The quantitative estimate of drug-likeness (QED) is 0.677. The second-order valence-corrected chi connectivity index (χ2v) is 4.71. The van der Waals surface area contributed by atoms with Gasteiger partial charge in [-0.3, -0.25) is 0 Å². The van der Waals surface area contributed by atoms with Gasteiger partial charge in [0.2, 0.25) is 0 Å². The minimum absolute atomic E-state index is 0.838. The molecule has 0 aliphatic carbocycles. The normalized spacial score (nSPS) is 10.9. The molecule has 2 aromatic carbocycles. The number of aryl methyl sites for hydroxylation is 1. The molecule has 0 spiro atoms. The Labute approximate surface area is 107 Å². The van der Waals surface area contributed by atoms with Gasteiger partial charge in [-0.05, 0) is 24.6 Å². The molecular weight excluding hydrogens is 220 g/mol. The SMILES string of the molecule is Cc1ccc(Cn2ccc3cccc(N)c32)cc1. The highest BCUT2D eigenvalue weighted by molar-refractivity contribution is 5.90. The van der Waals surface area contributed by atoms with Crippen LogP contribution in [-0.4, -0.2) is 4.57 Å². The Hall–Kier alpha value is -2.22. The van der Waals surface area contributed by atoms with Crippen molar-refractivity contribution < 1.29 is 0 Å². The van der Waals surface area contributed by atoms with E-state index in [2.05, 4.69) is 54.1 Å². The van der Waals surface area contributed by atoms with Crippen molar-refractivity contribution in [1.29, 1.82) is 0 Å². The van der Waals surface area contributed by atoms with Crippen molar-refractivity contribution >= 4 is 16.6 Å². The maximum absolute atomic E-state index is 6.06. The first-order valence-corrected chi connectivity index (χ1v) is 6.13. The van der Waals surface area contributed by atoms with Crippen LogP contribution in [0.1, 0.15) is 11.1 Å². The average molecular weight is 236 g/mol. The highest BCUT2D eigenvalue weighted by Gasteiger charge is 2.04. The third-order valence-corrected chi connectivity index (χ3v) is 3.29. The number of nitrogens with two attached hydrogens (primary N) is 1. The summed E-state index contributed by atoms with van der Waals surface area (Å²) in [5.41, 5.74) is 10.6. The van der Waals surface area contributed by atoms with Gasteiger partial charge < -0.3 is 10.3 Å². The number of anilines is 1. The maximum Gasteiger partial charge on any atom is 0.0716 e. The van der Waals surface area contributed by atoms with E-state index in [1.807, 2.05) is 12.1 Å². The number of nitrogen functional groups attached to an aromatic ring is 1. The predicted molar refractivity (Wildman–Crippen MR) is 76.6 cm³/mol. The van der Waals surface area contributed by atoms with E-state index in [1.54, 1.807) is 0 Å². The van der Waals surface area contributed by atoms with E-state index in [1.165, 1.54) is 16.5 Å². The van der Waals surface area contributed by atoms with E-state index in [0.717, 1.165) is 17.7 Å². The van der Waals surface area contributed by atoms with Crippen molar-refractivity contribution in [2.75, 3.05) is 5.73 Å². The Morgan fingerprint density at radius 1 is 1.00 bits per heavy atom. The lowest BCUT2D eigenvalue weighted by Gasteiger charge is -2.08. The first-order valence-electron chi connectivity index (χ1n) is 6.13. The van der Waals surface area contributed by atoms with E-state index in [0.29, 0.717) is 0 Å². The molecule has 0 amide bonds. The number of hydrogen-bond donors (Lipinski definition) is 1. The van der Waals surface area contributed by atoms with Crippen LogP contribution >= 0.6 is 0 Å². The van der Waals surface area contributed by atoms with Gasteiger partial charge in [0, 0.05) is 18.1 Å². The van der Waals surface area contributed by atoms with Crippen molar-refractivity contribution in [3.05, 3.63) is 65.9 Å². The Morgan fingerprint density at radius 3 is 2.56 bits per heavy atom. The lowest BCUT2D eigenvalue weighted by atomic mass is 10.1. The zero-order valence-corrected chi connectivity index (χ0v) is 10.4. The molecule has 1 heterocycles. The molecule has 0 saturated carbocycles. The summed E-state index contributed by atoms with van der Waals surface area (Å²) in [7, 11) is 0. The van der Waals surface area contributed by atoms with Gasteiger partial charge >= 0.3 is 0 Å². The molecule has 0 fully saturated rings. The average Bonchev–Trinajstić information content (AvgIpc) is 2.77. The molecule has 2 nitrogen and oxygen atoms in total. The minimum Gasteiger partial charge on any atom is -0.397 e. The van der Waals surface area contributed by atoms with Crippen molar-refractivity contribution in [3.8, 4) is 0 Å². The van der Waals surface area contributed by atoms with Crippen LogP contribution in [0.15, 0.2) is 54.7 Å². The van der Waals surface area contributed by atoms with Crippen LogP contribution in [0.4, 0.5) is 5.69 Å². The van der Waals surface area contributed by atoms with Crippen molar-refractivity contribution in [1.82, 2.24) is 4.57 Å². The lowest BCUT2D eigenvalue weighted by molar-refractivity contribution is 0.837. The summed E-state index contributed by atoms with van der Waals surface area (Å²) in [5.74, 6) is 0. The summed E-state index contributed by atoms with van der Waals surface area (Å²) in [5, 5.41) is 1.20. The van der Waals surface area contributed by atoms with Crippen LogP contribution in [0, 0.1) is 6.92 Å². The molecule has 3 aromatic rings. The highest BCUT2D eigenvalue weighted by atomic mass is 15.0. The fraction of sp³-hybridized carbons (Fsp3) is 0.125. The second kappa shape index (κ2) is 4.22. The van der Waals surface area contributed by atoms with Gasteiger partial charge in [-0.2, -0.15) is 0 Å². The van der Waals surface area contributed by atoms with Gasteiger partial charge in [-0.1, -0.05) is 42.0 Å². The number of rotatable bonds is 2. The second-order valence-electron chi connectivity index (χ2n) is 4.71. The molecule has 0 unspecified atom stereocenters. The molecule has 2 heteroatoms. The predicted octanol–water partition coefficient (Wildman–Crippen LogP) is 3.58. The lowest BCUT2D eigenvalue weighted by Crippen LogP contribution is -2.00. The topological polar surface area (TPSA) is 30.9 Å². The van der Waals surface area contributed by atoms with Crippen LogP contribution in [0.25, 0.3) is 10.9 Å². The Kier molecular flexibility index (Phi) is 2.56. The molecule has 0 atom stereocenters. The summed E-state index contributed by atoms with van der Waals surface area (Å²) in [4.78, 5) is 0. The Bertz CT molecular complexity index is 678. The van der Waals surface area contributed by atoms with Crippen LogP contribution in [0.2, 0.25) is 0 Å². The number of para-hydroxylation sites is 1. The molecule has 0 aliphatic rings. The summed E-state index contributed by atoms with van der Waals surface area (Å²) >= 11 is 0. The first kappa shape index (κ1) is 10.9. The number of hydrogen-bond acceptors (Lipinski definition) is 1. The third-order valence-electron chi connectivity index (χ3n) is 3.29. The summed E-state index contributed by atoms with van der Waals surface area (Å²) in [6.07, 6.45) is 2.10. The maximum atomic E-state index is 6.06. The first-order chi connectivity index (χ1) is 8.74. The Balaban J connectivity index is 2.02. The molecule has 0 radical (unpaired) electrons. The molecule has 2 N–H and O–H groups in total. The van der Waals surface area contributed by atoms with Crippen molar-refractivity contribution in [3.63, 3.8) is 0 Å². The number of nitrogens with zero attached hydrogens (tertiary/aromatic N) is 1. The van der Waals surface area contributed by atoms with Crippen molar-refractivity contribution in [2.45, 2.75) is 13.5 Å². The summed E-state index contributed by atoms with van der Waals surface area (Å²) in [6, 6.07) is 16.8. The zero-order valence-electron chi connectivity index (χ0n) is 10.4. The van der Waals surface area contributed by atoms with Crippen LogP contribution in [0.5, 0.6) is 0 Å². The number of fused-ring (bicyclic) bond motifs is 1. The third kappa shape index (κ3) is 1.86. The monoisotopic (exact) mass is 236 g/mol. The van der Waals surface area contributed by atoms with Crippen LogP contribution in [-0.2, 0) is 6.54 Å². The molecule has 1 aromatic heterocycles. The molecule has 3 rings (SSSR count). The smallest absolute Gasteiger partial charge is 0.0716 e. The van der Waals surface area contributed by atoms with E-state index >= 15 is 0 Å². The standard InChI is InChI=1S/C16H16N2/c1-12-5-7-13(8-6-12)11-18-10-9-14-3-2-4-15(17)16(14)18/h2-10H,11,17H2,1H3. The molecule has 0 bridgehead atoms. The summed E-state index contributed by atoms with van der Waals surface area (Å²) < 4.78 is 2.20. The van der Waals surface area contributed by atoms with Gasteiger partial charge in [-0.15, -0.1) is 0 Å². The largest absolute Gasteiger partial charge is 0.397 e. The van der Waals surface area contributed by atoms with Gasteiger partial charge in [0.05, 0.1) is 11.2 Å². The van der Waals surface area contributed by atoms with Crippen molar-refractivity contribution in [2.24, 2.45) is 0 Å². The van der Waals surface area contributed by atoms with Gasteiger partial charge in [-0.25, -0.2) is 0 Å². The van der Waals surface area contributed by atoms with Gasteiger partial charge in [0.1, 0.15) is 0 Å². The number of benzene rings is 2. The molecule has 90 valence electrons. The van der Waals surface area contributed by atoms with Crippen LogP contribution < -0.4 is 5.73 Å². The van der Waals surface area contributed by atoms with Gasteiger partial charge in [0.15, 0.2) is 0 Å². The fourth-order valence-electron chi connectivity index (χ4n) is 2.31. The minimum atomic E-state index is 0.838. The van der Waals surface area contributed by atoms with Crippen LogP contribution in [0.3, 0.4) is 0 Å². The Morgan fingerprint density at radius 2 is 1.78 bits per heavy atom. The summed E-state index contributed by atoms with van der Waals surface area (Å²) in [6.45, 7) is 2.96. The fourth-order valence-corrected chi connectivity index (χ4v) is 2.31. The molecule has 0 aliphatic heterocycles. The van der Waals surface area contributed by atoms with E-state index < -0.39 is 0 Å². The van der Waals surface area contributed by atoms with Gasteiger partial charge in [0.25, 0.3) is 0 Å². The van der Waals surface area contributed by atoms with E-state index in [9.17, 15) is 0 Å². The number of aromatic nitrogens is 1. The molecule has 18 heavy (non-hydrogen) atoms. The zero-order chi connectivity index (χ0) is 12.5. The van der Waals surface area contributed by atoms with E-state index in [-0.39, 0.29) is 0 Å². The molecule has 0 saturated heterocycles. The highest BCUT2D eigenvalue weighted by Crippen LogP contribution is 2.23. The van der Waals surface area contributed by atoms with E-state index in [4.69, 9.17) is 5.73 Å². The molecular formula is C16H16N2.